The van der Waals surface area contributed by atoms with Gasteiger partial charge in [0.15, 0.2) is 0 Å². The molecule has 0 saturated heterocycles. The number of hydrogen-bond acceptors (Lipinski definition) is 3. The van der Waals surface area contributed by atoms with E-state index in [0.717, 1.165) is 16.0 Å². The minimum atomic E-state index is -0.518. The lowest BCUT2D eigenvalue weighted by Gasteiger charge is -2.29. The van der Waals surface area contributed by atoms with Gasteiger partial charge in [-0.3, -0.25) is 9.59 Å². The number of rotatable bonds is 8. The zero-order chi connectivity index (χ0) is 19.8. The lowest BCUT2D eigenvalue weighted by molar-refractivity contribution is -0.138. The fraction of sp³-hybridized carbons (Fsp3) is 0.364. The first kappa shape index (κ1) is 21.0. The fourth-order valence-electron chi connectivity index (χ4n) is 2.74. The number of thioether (sulfide) groups is 1. The number of likely N-dealkylation sites (N-methyl/N-ethyl adjacent to an activating group) is 1. The van der Waals surface area contributed by atoms with Gasteiger partial charge >= 0.3 is 0 Å². The van der Waals surface area contributed by atoms with Crippen molar-refractivity contribution >= 4 is 23.6 Å². The normalized spacial score (nSPS) is 11.7. The van der Waals surface area contributed by atoms with Crippen molar-refractivity contribution in [2.75, 3.05) is 12.3 Å². The predicted octanol–water partition coefficient (Wildman–Crippen LogP) is 3.95. The number of nitrogens with zero attached hydrogens (tertiary/aromatic N) is 1. The summed E-state index contributed by atoms with van der Waals surface area (Å²) in [5, 5.41) is 2.82. The molecule has 0 aromatic heterocycles. The van der Waals surface area contributed by atoms with Crippen LogP contribution in [0.2, 0.25) is 0 Å². The maximum absolute atomic E-state index is 13.0. The Morgan fingerprint density at radius 2 is 1.74 bits per heavy atom. The summed E-state index contributed by atoms with van der Waals surface area (Å²) in [6, 6.07) is 15.6. The van der Waals surface area contributed by atoms with Gasteiger partial charge in [-0.2, -0.15) is 0 Å². The van der Waals surface area contributed by atoms with Gasteiger partial charge in [0.25, 0.3) is 0 Å². The minimum Gasteiger partial charge on any atom is -0.355 e. The Bertz CT molecular complexity index is 774. The molecule has 0 heterocycles. The molecular weight excluding hydrogens is 356 g/mol. The van der Waals surface area contributed by atoms with Gasteiger partial charge in [-0.05, 0) is 51.0 Å². The van der Waals surface area contributed by atoms with Crippen molar-refractivity contribution < 1.29 is 9.59 Å². The lowest BCUT2D eigenvalue weighted by atomic mass is 10.1. The quantitative estimate of drug-likeness (QED) is 0.701. The van der Waals surface area contributed by atoms with E-state index in [1.165, 1.54) is 17.3 Å². The Morgan fingerprint density at radius 3 is 2.37 bits per heavy atom. The van der Waals surface area contributed by atoms with Gasteiger partial charge in [-0.25, -0.2) is 0 Å². The molecule has 0 aliphatic heterocycles. The topological polar surface area (TPSA) is 49.4 Å². The summed E-state index contributed by atoms with van der Waals surface area (Å²) in [6.45, 7) is 8.71. The van der Waals surface area contributed by atoms with E-state index >= 15 is 0 Å². The number of aryl methyl sites for hydroxylation is 2. The van der Waals surface area contributed by atoms with Crippen LogP contribution in [0.3, 0.4) is 0 Å². The molecule has 144 valence electrons. The molecule has 0 fully saturated rings. The Morgan fingerprint density at radius 1 is 1.07 bits per heavy atom. The number of benzene rings is 2. The first-order valence-electron chi connectivity index (χ1n) is 9.23. The van der Waals surface area contributed by atoms with Gasteiger partial charge in [0, 0.05) is 18.0 Å². The van der Waals surface area contributed by atoms with Crippen LogP contribution in [-0.4, -0.2) is 35.1 Å². The predicted molar refractivity (Wildman–Crippen MR) is 112 cm³/mol. The van der Waals surface area contributed by atoms with Gasteiger partial charge in [0.05, 0.1) is 5.75 Å². The molecule has 2 aromatic rings. The smallest absolute Gasteiger partial charge is 0.242 e. The highest BCUT2D eigenvalue weighted by Gasteiger charge is 2.26. The third-order valence-electron chi connectivity index (χ3n) is 4.50. The second-order valence-electron chi connectivity index (χ2n) is 6.62. The van der Waals surface area contributed by atoms with E-state index in [9.17, 15) is 9.59 Å². The van der Waals surface area contributed by atoms with Gasteiger partial charge in [0.2, 0.25) is 11.8 Å². The first-order chi connectivity index (χ1) is 12.9. The Kier molecular flexibility index (Phi) is 7.92. The molecular formula is C22H28N2O2S. The van der Waals surface area contributed by atoms with Crippen molar-refractivity contribution in [3.63, 3.8) is 0 Å². The third-order valence-corrected chi connectivity index (χ3v) is 5.50. The second-order valence-corrected chi connectivity index (χ2v) is 7.67. The number of nitrogens with one attached hydrogen (secondary N) is 1. The molecule has 0 spiro atoms. The Labute approximate surface area is 166 Å². The number of carbonyl (C=O) groups is 2. The van der Waals surface area contributed by atoms with Crippen LogP contribution in [0, 0.1) is 13.8 Å². The third kappa shape index (κ3) is 6.14. The molecule has 2 aromatic carbocycles. The standard InChI is InChI=1S/C22H28N2O2S/c1-5-23-22(26)18(4)24(14-19-9-7-6-8-17(19)3)21(25)15-27-20-12-10-16(2)11-13-20/h6-13,18H,5,14-15H2,1-4H3,(H,23,26)/t18-/m1/s1. The van der Waals surface area contributed by atoms with Crippen LogP contribution in [0.15, 0.2) is 53.4 Å². The summed E-state index contributed by atoms with van der Waals surface area (Å²) >= 11 is 1.50. The summed E-state index contributed by atoms with van der Waals surface area (Å²) in [5.41, 5.74) is 3.36. The van der Waals surface area contributed by atoms with Gasteiger partial charge in [-0.1, -0.05) is 42.0 Å². The molecule has 0 aliphatic rings. The maximum atomic E-state index is 13.0. The van der Waals surface area contributed by atoms with E-state index in [-0.39, 0.29) is 11.8 Å². The number of carbonyl (C=O) groups excluding carboxylic acids is 2. The van der Waals surface area contributed by atoms with Crippen molar-refractivity contribution in [2.45, 2.75) is 45.2 Å². The molecule has 0 unspecified atom stereocenters. The highest BCUT2D eigenvalue weighted by atomic mass is 32.2. The molecule has 4 nitrogen and oxygen atoms in total. The largest absolute Gasteiger partial charge is 0.355 e. The van der Waals surface area contributed by atoms with E-state index in [4.69, 9.17) is 0 Å². The molecule has 27 heavy (non-hydrogen) atoms. The minimum absolute atomic E-state index is 0.0393. The highest BCUT2D eigenvalue weighted by Crippen LogP contribution is 2.21. The Hall–Kier alpha value is -2.27. The summed E-state index contributed by atoms with van der Waals surface area (Å²) in [5.74, 6) is 0.140. The molecule has 0 bridgehead atoms. The van der Waals surface area contributed by atoms with Crippen molar-refractivity contribution in [2.24, 2.45) is 0 Å². The van der Waals surface area contributed by atoms with E-state index in [1.807, 2.05) is 69.3 Å². The SMILES string of the molecule is CCNC(=O)[C@@H](C)N(Cc1ccccc1C)C(=O)CSc1ccc(C)cc1. The van der Waals surface area contributed by atoms with Crippen molar-refractivity contribution in [3.8, 4) is 0 Å². The maximum Gasteiger partial charge on any atom is 0.242 e. The van der Waals surface area contributed by atoms with E-state index in [2.05, 4.69) is 5.32 Å². The Balaban J connectivity index is 2.14. The molecule has 1 N–H and O–H groups in total. The van der Waals surface area contributed by atoms with Crippen LogP contribution in [0.5, 0.6) is 0 Å². The summed E-state index contributed by atoms with van der Waals surface area (Å²) in [6.07, 6.45) is 0. The zero-order valence-electron chi connectivity index (χ0n) is 16.5. The van der Waals surface area contributed by atoms with Crippen LogP contribution in [0.25, 0.3) is 0 Å². The molecule has 2 amide bonds. The van der Waals surface area contributed by atoms with E-state index in [1.54, 1.807) is 11.8 Å². The van der Waals surface area contributed by atoms with Gasteiger partial charge in [0.1, 0.15) is 6.04 Å². The average molecular weight is 385 g/mol. The molecule has 0 aliphatic carbocycles. The molecule has 2 rings (SSSR count). The van der Waals surface area contributed by atoms with Gasteiger partial charge in [-0.15, -0.1) is 11.8 Å². The van der Waals surface area contributed by atoms with Crippen molar-refractivity contribution in [1.82, 2.24) is 10.2 Å². The number of amides is 2. The van der Waals surface area contributed by atoms with Crippen LogP contribution >= 0.6 is 11.8 Å². The summed E-state index contributed by atoms with van der Waals surface area (Å²) in [7, 11) is 0. The lowest BCUT2D eigenvalue weighted by Crippen LogP contribution is -2.48. The van der Waals surface area contributed by atoms with Gasteiger partial charge < -0.3 is 10.2 Å². The number of hydrogen-bond donors (Lipinski definition) is 1. The molecule has 5 heteroatoms. The fourth-order valence-corrected chi connectivity index (χ4v) is 3.52. The van der Waals surface area contributed by atoms with Crippen molar-refractivity contribution in [3.05, 3.63) is 65.2 Å². The molecule has 1 atom stereocenters. The van der Waals surface area contributed by atoms with Crippen LogP contribution in [-0.2, 0) is 16.1 Å². The van der Waals surface area contributed by atoms with E-state index < -0.39 is 6.04 Å². The van der Waals surface area contributed by atoms with Crippen molar-refractivity contribution in [1.29, 1.82) is 0 Å². The molecule has 0 radical (unpaired) electrons. The molecule has 0 saturated carbocycles. The average Bonchev–Trinajstić information content (AvgIpc) is 2.66. The first-order valence-corrected chi connectivity index (χ1v) is 10.2. The monoisotopic (exact) mass is 384 g/mol. The van der Waals surface area contributed by atoms with Crippen LogP contribution in [0.4, 0.5) is 0 Å². The van der Waals surface area contributed by atoms with Crippen LogP contribution in [0.1, 0.15) is 30.5 Å². The summed E-state index contributed by atoms with van der Waals surface area (Å²) < 4.78 is 0. The second kappa shape index (κ2) is 10.2. The summed E-state index contributed by atoms with van der Waals surface area (Å²) in [4.78, 5) is 28.1. The zero-order valence-corrected chi connectivity index (χ0v) is 17.3. The highest BCUT2D eigenvalue weighted by molar-refractivity contribution is 8.00. The van der Waals surface area contributed by atoms with Crippen LogP contribution < -0.4 is 5.32 Å². The van der Waals surface area contributed by atoms with E-state index in [0.29, 0.717) is 18.8 Å².